The summed E-state index contributed by atoms with van der Waals surface area (Å²) >= 11 is 0. The third-order valence-electron chi connectivity index (χ3n) is 4.02. The van der Waals surface area contributed by atoms with Gasteiger partial charge in [-0.2, -0.15) is 0 Å². The Kier molecular flexibility index (Phi) is 5.35. The second kappa shape index (κ2) is 7.02. The average Bonchev–Trinajstić information content (AvgIpc) is 2.93. The molecule has 4 heteroatoms. The monoisotopic (exact) mass is 293 g/mol. The first-order chi connectivity index (χ1) is 9.58. The van der Waals surface area contributed by atoms with Crippen molar-refractivity contribution in [3.63, 3.8) is 0 Å². The lowest BCUT2D eigenvalue weighted by Crippen LogP contribution is -2.41. The van der Waals surface area contributed by atoms with E-state index in [-0.39, 0.29) is 5.91 Å². The Labute approximate surface area is 123 Å². The molecular weight excluding hydrogens is 270 g/mol. The fourth-order valence-electron chi connectivity index (χ4n) is 2.56. The lowest BCUT2D eigenvalue weighted by molar-refractivity contribution is -0.121. The zero-order valence-corrected chi connectivity index (χ0v) is 13.0. The minimum Gasteiger partial charge on any atom is -0.352 e. The zero-order chi connectivity index (χ0) is 14.5. The van der Waals surface area contributed by atoms with Crippen LogP contribution in [0.15, 0.2) is 24.3 Å². The molecule has 0 aromatic heterocycles. The van der Waals surface area contributed by atoms with Gasteiger partial charge in [-0.05, 0) is 37.8 Å². The summed E-state index contributed by atoms with van der Waals surface area (Å²) in [5.74, 6) is 0.384. The van der Waals surface area contributed by atoms with E-state index >= 15 is 0 Å². The first-order valence-electron chi connectivity index (χ1n) is 7.30. The van der Waals surface area contributed by atoms with Gasteiger partial charge in [0.15, 0.2) is 0 Å². The lowest BCUT2D eigenvalue weighted by Gasteiger charge is -2.16. The molecule has 1 aliphatic carbocycles. The second-order valence-corrected chi connectivity index (χ2v) is 7.34. The molecular formula is C16H23NO2S. The van der Waals surface area contributed by atoms with E-state index < -0.39 is 16.0 Å². The lowest BCUT2D eigenvalue weighted by atomic mass is 10.1. The molecule has 0 heterocycles. The Morgan fingerprint density at radius 2 is 2.00 bits per heavy atom. The molecule has 3 nitrogen and oxygen atoms in total. The topological polar surface area (TPSA) is 46.2 Å². The maximum atomic E-state index is 12.3. The third kappa shape index (κ3) is 3.92. The van der Waals surface area contributed by atoms with E-state index in [1.807, 2.05) is 31.2 Å². The average molecular weight is 293 g/mol. The van der Waals surface area contributed by atoms with Crippen LogP contribution in [0.1, 0.15) is 43.7 Å². The van der Waals surface area contributed by atoms with Gasteiger partial charge in [-0.15, -0.1) is 0 Å². The number of aryl methyl sites for hydroxylation is 1. The van der Waals surface area contributed by atoms with Gasteiger partial charge in [0.2, 0.25) is 5.91 Å². The van der Waals surface area contributed by atoms with Crippen LogP contribution in [-0.2, 0) is 21.3 Å². The van der Waals surface area contributed by atoms with Crippen molar-refractivity contribution in [2.75, 3.05) is 0 Å². The molecule has 0 unspecified atom stereocenters. The molecule has 0 spiro atoms. The summed E-state index contributed by atoms with van der Waals surface area (Å²) in [6, 6.07) is 8.20. The normalized spacial score (nSPS) is 18.7. The molecule has 0 bridgehead atoms. The van der Waals surface area contributed by atoms with Crippen molar-refractivity contribution < 1.29 is 9.00 Å². The SMILES string of the molecule is Cc1ccccc1C[S@](=O)[C@@H](C)C(=O)NC1CCCC1. The molecule has 1 aliphatic rings. The highest BCUT2D eigenvalue weighted by Crippen LogP contribution is 2.18. The van der Waals surface area contributed by atoms with E-state index in [0.29, 0.717) is 11.8 Å². The summed E-state index contributed by atoms with van der Waals surface area (Å²) in [4.78, 5) is 12.1. The molecule has 2 rings (SSSR count). The summed E-state index contributed by atoms with van der Waals surface area (Å²) in [6.45, 7) is 3.77. The highest BCUT2D eigenvalue weighted by atomic mass is 32.2. The van der Waals surface area contributed by atoms with Crippen LogP contribution < -0.4 is 5.32 Å². The van der Waals surface area contributed by atoms with Crippen LogP contribution in [-0.4, -0.2) is 21.4 Å². The number of hydrogen-bond acceptors (Lipinski definition) is 2. The molecule has 1 aromatic rings. The van der Waals surface area contributed by atoms with Gasteiger partial charge in [0, 0.05) is 22.6 Å². The molecule has 0 saturated heterocycles. The van der Waals surface area contributed by atoms with Crippen LogP contribution in [0.4, 0.5) is 0 Å². The molecule has 0 radical (unpaired) electrons. The largest absolute Gasteiger partial charge is 0.352 e. The number of amides is 1. The Hall–Kier alpha value is -1.16. The number of hydrogen-bond donors (Lipinski definition) is 1. The van der Waals surface area contributed by atoms with Crippen LogP contribution in [0, 0.1) is 6.92 Å². The van der Waals surface area contributed by atoms with Crippen molar-refractivity contribution in [3.8, 4) is 0 Å². The Morgan fingerprint density at radius 3 is 2.65 bits per heavy atom. The van der Waals surface area contributed by atoms with Crippen LogP contribution in [0.2, 0.25) is 0 Å². The summed E-state index contributed by atoms with van der Waals surface area (Å²) in [5, 5.41) is 2.58. The van der Waals surface area contributed by atoms with Crippen LogP contribution in [0.3, 0.4) is 0 Å². The van der Waals surface area contributed by atoms with Gasteiger partial charge in [0.1, 0.15) is 5.25 Å². The van der Waals surface area contributed by atoms with Crippen molar-refractivity contribution in [2.24, 2.45) is 0 Å². The number of carbonyl (C=O) groups is 1. The van der Waals surface area contributed by atoms with E-state index in [1.54, 1.807) is 6.92 Å². The molecule has 1 fully saturated rings. The van der Waals surface area contributed by atoms with Gasteiger partial charge in [0.25, 0.3) is 0 Å². The smallest absolute Gasteiger partial charge is 0.235 e. The first kappa shape index (κ1) is 15.2. The minimum absolute atomic E-state index is 0.0659. The Balaban J connectivity index is 1.91. The van der Waals surface area contributed by atoms with E-state index in [4.69, 9.17) is 0 Å². The predicted octanol–water partition coefficient (Wildman–Crippen LogP) is 2.69. The van der Waals surface area contributed by atoms with E-state index in [9.17, 15) is 9.00 Å². The van der Waals surface area contributed by atoms with Crippen LogP contribution in [0.5, 0.6) is 0 Å². The fourth-order valence-corrected chi connectivity index (χ4v) is 3.75. The van der Waals surface area contributed by atoms with Crippen molar-refractivity contribution in [2.45, 2.75) is 56.6 Å². The maximum Gasteiger partial charge on any atom is 0.235 e. The molecule has 1 aromatic carbocycles. The van der Waals surface area contributed by atoms with Gasteiger partial charge >= 0.3 is 0 Å². The second-order valence-electron chi connectivity index (χ2n) is 5.58. The van der Waals surface area contributed by atoms with Gasteiger partial charge in [-0.1, -0.05) is 37.1 Å². The van der Waals surface area contributed by atoms with Crippen molar-refractivity contribution in [1.29, 1.82) is 0 Å². The number of rotatable bonds is 5. The van der Waals surface area contributed by atoms with Crippen molar-refractivity contribution >= 4 is 16.7 Å². The van der Waals surface area contributed by atoms with Crippen molar-refractivity contribution in [3.05, 3.63) is 35.4 Å². The molecule has 1 amide bonds. The number of nitrogens with one attached hydrogen (secondary N) is 1. The molecule has 110 valence electrons. The summed E-state index contributed by atoms with van der Waals surface area (Å²) in [7, 11) is -1.17. The highest BCUT2D eigenvalue weighted by Gasteiger charge is 2.24. The molecule has 0 aliphatic heterocycles. The first-order valence-corrected chi connectivity index (χ1v) is 8.68. The molecule has 1 saturated carbocycles. The minimum atomic E-state index is -1.17. The predicted molar refractivity (Wildman–Crippen MR) is 82.9 cm³/mol. The summed E-state index contributed by atoms with van der Waals surface area (Å²) < 4.78 is 12.3. The molecule has 2 atom stereocenters. The van der Waals surface area contributed by atoms with E-state index in [2.05, 4.69) is 5.32 Å². The van der Waals surface area contributed by atoms with E-state index in [0.717, 1.165) is 24.0 Å². The molecule has 20 heavy (non-hydrogen) atoms. The fraction of sp³-hybridized carbons (Fsp3) is 0.562. The zero-order valence-electron chi connectivity index (χ0n) is 12.2. The standard InChI is InChI=1S/C16H23NO2S/c1-12-7-3-4-8-14(12)11-20(19)13(2)16(18)17-15-9-5-6-10-15/h3-4,7-8,13,15H,5-6,9-11H2,1-2H3,(H,17,18)/t13-,20-/m0/s1. The van der Waals surface area contributed by atoms with Crippen molar-refractivity contribution in [1.82, 2.24) is 5.32 Å². The summed E-state index contributed by atoms with van der Waals surface area (Å²) in [5.41, 5.74) is 2.19. The number of benzene rings is 1. The van der Waals surface area contributed by atoms with Gasteiger partial charge in [-0.25, -0.2) is 0 Å². The van der Waals surface area contributed by atoms with Gasteiger partial charge in [0.05, 0.1) is 0 Å². The van der Waals surface area contributed by atoms with E-state index in [1.165, 1.54) is 12.8 Å². The number of carbonyl (C=O) groups excluding carboxylic acids is 1. The van der Waals surface area contributed by atoms with Gasteiger partial charge < -0.3 is 5.32 Å². The third-order valence-corrected chi connectivity index (χ3v) is 5.62. The highest BCUT2D eigenvalue weighted by molar-refractivity contribution is 7.85. The Bertz CT molecular complexity index is 495. The van der Waals surface area contributed by atoms with Crippen LogP contribution in [0.25, 0.3) is 0 Å². The quantitative estimate of drug-likeness (QED) is 0.907. The molecule has 1 N–H and O–H groups in total. The summed E-state index contributed by atoms with van der Waals surface area (Å²) in [6.07, 6.45) is 4.49. The van der Waals surface area contributed by atoms with Gasteiger partial charge in [-0.3, -0.25) is 9.00 Å². The maximum absolute atomic E-state index is 12.3. The van der Waals surface area contributed by atoms with Crippen LogP contribution >= 0.6 is 0 Å². The Morgan fingerprint density at radius 1 is 1.35 bits per heavy atom.